The van der Waals surface area contributed by atoms with E-state index in [-0.39, 0.29) is 0 Å². The van der Waals surface area contributed by atoms with Gasteiger partial charge in [-0.2, -0.15) is 0 Å². The summed E-state index contributed by atoms with van der Waals surface area (Å²) in [5.74, 6) is 3.29. The summed E-state index contributed by atoms with van der Waals surface area (Å²) in [5, 5.41) is 4.50. The van der Waals surface area contributed by atoms with E-state index >= 15 is 0 Å². The van der Waals surface area contributed by atoms with Crippen molar-refractivity contribution in [3.05, 3.63) is 210 Å². The first-order valence-corrected chi connectivity index (χ1v) is 17.5. The highest BCUT2D eigenvalue weighted by atomic mass is 16.5. The molecule has 52 heavy (non-hydrogen) atoms. The molecule has 0 atom stereocenters. The predicted octanol–water partition coefficient (Wildman–Crippen LogP) is 11.7. The molecule has 9 aromatic rings. The Morgan fingerprint density at radius 3 is 1.73 bits per heavy atom. The zero-order valence-corrected chi connectivity index (χ0v) is 28.1. The number of nitrogens with zero attached hydrogens (tertiary/aromatic N) is 3. The van der Waals surface area contributed by atoms with Crippen molar-refractivity contribution in [1.82, 2.24) is 15.0 Å². The third-order valence-corrected chi connectivity index (χ3v) is 10.3. The molecule has 0 saturated carbocycles. The van der Waals surface area contributed by atoms with Crippen LogP contribution < -0.4 is 4.74 Å². The molecule has 0 fully saturated rings. The van der Waals surface area contributed by atoms with Crippen LogP contribution in [0, 0.1) is 0 Å². The van der Waals surface area contributed by atoms with Crippen LogP contribution in [0.5, 0.6) is 11.5 Å². The maximum Gasteiger partial charge on any atom is 0.167 e. The lowest BCUT2D eigenvalue weighted by Crippen LogP contribution is -2.34. The fourth-order valence-corrected chi connectivity index (χ4v) is 7.90. The molecule has 0 unspecified atom stereocenters. The maximum absolute atomic E-state index is 6.98. The first-order chi connectivity index (χ1) is 25.8. The summed E-state index contributed by atoms with van der Waals surface area (Å²) in [6, 6.07) is 65.6. The van der Waals surface area contributed by atoms with Gasteiger partial charge in [-0.3, -0.25) is 0 Å². The molecule has 0 amide bonds. The second-order valence-corrected chi connectivity index (χ2v) is 13.2. The van der Waals surface area contributed by atoms with Gasteiger partial charge in [0.1, 0.15) is 11.5 Å². The number of hydrogen-bond acceptors (Lipinski definition) is 4. The average molecular weight is 666 g/mol. The Bertz CT molecular complexity index is 2730. The predicted molar refractivity (Wildman–Crippen MR) is 210 cm³/mol. The Morgan fingerprint density at radius 2 is 0.942 bits per heavy atom. The van der Waals surface area contributed by atoms with E-state index in [1.54, 1.807) is 0 Å². The fraction of sp³-hybridized carbons (Fsp3) is 0.0208. The van der Waals surface area contributed by atoms with Gasteiger partial charge in [-0.05, 0) is 50.9 Å². The molecule has 4 heteroatoms. The maximum atomic E-state index is 6.98. The van der Waals surface area contributed by atoms with Gasteiger partial charge in [0.05, 0.1) is 11.0 Å². The van der Waals surface area contributed by atoms with Gasteiger partial charge in [0.15, 0.2) is 17.5 Å². The first-order valence-electron chi connectivity index (χ1n) is 17.5. The van der Waals surface area contributed by atoms with Crippen molar-refractivity contribution in [2.24, 2.45) is 0 Å². The lowest BCUT2D eigenvalue weighted by atomic mass is 9.63. The number of aromatic nitrogens is 3. The third-order valence-electron chi connectivity index (χ3n) is 10.3. The van der Waals surface area contributed by atoms with E-state index in [0.717, 1.165) is 72.0 Å². The van der Waals surface area contributed by atoms with Crippen molar-refractivity contribution < 1.29 is 4.74 Å². The van der Waals surface area contributed by atoms with Crippen LogP contribution in [0.1, 0.15) is 22.3 Å². The van der Waals surface area contributed by atoms with Crippen molar-refractivity contribution in [3.8, 4) is 45.7 Å². The number of fused-ring (bicyclic) bond motifs is 4. The molecule has 0 radical (unpaired) electrons. The number of benzene rings is 8. The lowest BCUT2D eigenvalue weighted by molar-refractivity contribution is 0.436. The highest BCUT2D eigenvalue weighted by Gasteiger charge is 2.46. The Hall–Kier alpha value is -6.91. The zero-order chi connectivity index (χ0) is 34.5. The van der Waals surface area contributed by atoms with Crippen molar-refractivity contribution in [1.29, 1.82) is 0 Å². The van der Waals surface area contributed by atoms with Crippen LogP contribution in [0.2, 0.25) is 0 Å². The molecular weight excluding hydrogens is 635 g/mol. The molecule has 0 N–H and O–H groups in total. The van der Waals surface area contributed by atoms with Crippen LogP contribution >= 0.6 is 0 Å². The number of para-hydroxylation sites is 2. The van der Waals surface area contributed by atoms with E-state index < -0.39 is 5.41 Å². The number of ether oxygens (including phenoxy) is 1. The standard InChI is InChI=1S/C48H31N3O/c1-3-19-36(20-4-1)48(37-21-5-2-6-22-37)41-26-11-12-28-43(41)52-44-40(25-14-27-42(44)48)47-50-45(35-30-29-32-15-7-8-17-34(32)31-35)49-46(51-47)39-24-13-18-33-16-9-10-23-38(33)39/h1-31H. The molecule has 2 heterocycles. The molecule has 0 spiro atoms. The Labute approximate surface area is 301 Å². The molecule has 1 aromatic heterocycles. The minimum absolute atomic E-state index is 0.548. The van der Waals surface area contributed by atoms with Crippen LogP contribution in [-0.2, 0) is 5.41 Å². The second-order valence-electron chi connectivity index (χ2n) is 13.2. The average Bonchev–Trinajstić information content (AvgIpc) is 3.22. The molecule has 4 nitrogen and oxygen atoms in total. The molecule has 10 rings (SSSR count). The quantitative estimate of drug-likeness (QED) is 0.184. The van der Waals surface area contributed by atoms with Gasteiger partial charge in [0.2, 0.25) is 0 Å². The van der Waals surface area contributed by atoms with Crippen LogP contribution in [0.15, 0.2) is 188 Å². The third kappa shape index (κ3) is 4.73. The number of hydrogen-bond donors (Lipinski definition) is 0. The normalized spacial score (nSPS) is 12.9. The van der Waals surface area contributed by atoms with Gasteiger partial charge < -0.3 is 4.74 Å². The van der Waals surface area contributed by atoms with Gasteiger partial charge in [0, 0.05) is 22.3 Å². The van der Waals surface area contributed by atoms with Gasteiger partial charge in [0.25, 0.3) is 0 Å². The van der Waals surface area contributed by atoms with E-state index in [1.807, 2.05) is 6.07 Å². The zero-order valence-electron chi connectivity index (χ0n) is 28.1. The summed E-state index contributed by atoms with van der Waals surface area (Å²) >= 11 is 0. The van der Waals surface area contributed by atoms with E-state index in [1.165, 1.54) is 0 Å². The van der Waals surface area contributed by atoms with Crippen molar-refractivity contribution >= 4 is 21.5 Å². The minimum Gasteiger partial charge on any atom is -0.456 e. The monoisotopic (exact) mass is 665 g/mol. The first kappa shape index (κ1) is 30.0. The van der Waals surface area contributed by atoms with Crippen LogP contribution in [0.4, 0.5) is 0 Å². The molecule has 0 saturated heterocycles. The van der Waals surface area contributed by atoms with Crippen molar-refractivity contribution in [2.45, 2.75) is 5.41 Å². The summed E-state index contributed by atoms with van der Waals surface area (Å²) in [6.45, 7) is 0. The molecule has 0 aliphatic carbocycles. The van der Waals surface area contributed by atoms with Gasteiger partial charge in [-0.15, -0.1) is 0 Å². The van der Waals surface area contributed by atoms with E-state index in [0.29, 0.717) is 17.5 Å². The van der Waals surface area contributed by atoms with E-state index in [2.05, 4.69) is 182 Å². The Balaban J connectivity index is 1.27. The van der Waals surface area contributed by atoms with E-state index in [9.17, 15) is 0 Å². The highest BCUT2D eigenvalue weighted by Crippen LogP contribution is 2.57. The molecular formula is C48H31N3O. The van der Waals surface area contributed by atoms with Gasteiger partial charge in [-0.1, -0.05) is 170 Å². The topological polar surface area (TPSA) is 47.9 Å². The number of rotatable bonds is 5. The van der Waals surface area contributed by atoms with Crippen LogP contribution in [0.25, 0.3) is 55.7 Å². The van der Waals surface area contributed by atoms with Gasteiger partial charge >= 0.3 is 0 Å². The minimum atomic E-state index is -0.657. The smallest absolute Gasteiger partial charge is 0.167 e. The van der Waals surface area contributed by atoms with Crippen LogP contribution in [-0.4, -0.2) is 15.0 Å². The highest BCUT2D eigenvalue weighted by molar-refractivity contribution is 5.95. The summed E-state index contributed by atoms with van der Waals surface area (Å²) in [7, 11) is 0. The molecule has 1 aliphatic heterocycles. The molecule has 0 bridgehead atoms. The summed E-state index contributed by atoms with van der Waals surface area (Å²) in [5.41, 5.74) is 6.43. The summed E-state index contributed by atoms with van der Waals surface area (Å²) in [4.78, 5) is 15.7. The molecule has 8 aromatic carbocycles. The molecule has 1 aliphatic rings. The lowest BCUT2D eigenvalue weighted by Gasteiger charge is -2.42. The molecule has 244 valence electrons. The SMILES string of the molecule is c1ccc(C2(c3ccccc3)c3ccccc3Oc3c(-c4nc(-c5ccc6ccccc6c5)nc(-c5cccc6ccccc56)n4)cccc32)cc1. The van der Waals surface area contributed by atoms with Gasteiger partial charge in [-0.25, -0.2) is 15.0 Å². The summed E-state index contributed by atoms with van der Waals surface area (Å²) < 4.78 is 6.98. The second kappa shape index (κ2) is 12.1. The van der Waals surface area contributed by atoms with Crippen LogP contribution in [0.3, 0.4) is 0 Å². The summed E-state index contributed by atoms with van der Waals surface area (Å²) in [6.07, 6.45) is 0. The fourth-order valence-electron chi connectivity index (χ4n) is 7.90. The van der Waals surface area contributed by atoms with Crippen molar-refractivity contribution in [2.75, 3.05) is 0 Å². The van der Waals surface area contributed by atoms with Crippen molar-refractivity contribution in [3.63, 3.8) is 0 Å². The van der Waals surface area contributed by atoms with E-state index in [4.69, 9.17) is 19.7 Å². The Morgan fingerprint density at radius 1 is 0.385 bits per heavy atom. The Kier molecular flexibility index (Phi) is 7.00. The largest absolute Gasteiger partial charge is 0.456 e.